The molecule has 3 nitrogen and oxygen atoms in total. The Kier molecular flexibility index (Phi) is 4.38. The van der Waals surface area contributed by atoms with Gasteiger partial charge in [-0.2, -0.15) is 0 Å². The molecular weight excluding hydrogens is 354 g/mol. The Morgan fingerprint density at radius 3 is 2.33 bits per heavy atom. The van der Waals surface area contributed by atoms with E-state index in [0.717, 1.165) is 22.0 Å². The zero-order chi connectivity index (χ0) is 14.8. The highest BCUT2D eigenvalue weighted by atomic mass is 79.9. The lowest BCUT2D eigenvalue weighted by atomic mass is 9.99. The fourth-order valence-electron chi connectivity index (χ4n) is 2.29. The zero-order valence-electron chi connectivity index (χ0n) is 11.3. The summed E-state index contributed by atoms with van der Waals surface area (Å²) in [7, 11) is 0. The van der Waals surface area contributed by atoms with Crippen molar-refractivity contribution >= 4 is 27.5 Å². The van der Waals surface area contributed by atoms with Gasteiger partial charge < -0.3 is 15.2 Å². The van der Waals surface area contributed by atoms with Crippen LogP contribution >= 0.6 is 27.5 Å². The van der Waals surface area contributed by atoms with Crippen molar-refractivity contribution in [1.82, 2.24) is 0 Å². The molecule has 0 aliphatic carbocycles. The van der Waals surface area contributed by atoms with Crippen LogP contribution in [0.4, 0.5) is 0 Å². The minimum Gasteiger partial charge on any atom is -0.490 e. The third-order valence-electron chi connectivity index (χ3n) is 3.43. The van der Waals surface area contributed by atoms with Crippen LogP contribution in [0, 0.1) is 0 Å². The van der Waals surface area contributed by atoms with Gasteiger partial charge in [-0.15, -0.1) is 0 Å². The van der Waals surface area contributed by atoms with Gasteiger partial charge in [-0.25, -0.2) is 0 Å². The van der Waals surface area contributed by atoms with Crippen molar-refractivity contribution in [3.63, 3.8) is 0 Å². The molecule has 1 heterocycles. The number of rotatable bonds is 2. The summed E-state index contributed by atoms with van der Waals surface area (Å²) in [6, 6.07) is 11.3. The minimum atomic E-state index is -0.303. The summed E-state index contributed by atoms with van der Waals surface area (Å²) in [5.41, 5.74) is 8.17. The van der Waals surface area contributed by atoms with Gasteiger partial charge in [0.25, 0.3) is 0 Å². The summed E-state index contributed by atoms with van der Waals surface area (Å²) >= 11 is 9.79. The fraction of sp³-hybridized carbons (Fsp3) is 0.250. The Bertz CT molecular complexity index is 645. The first-order valence-corrected chi connectivity index (χ1v) is 7.92. The second kappa shape index (κ2) is 6.26. The van der Waals surface area contributed by atoms with E-state index in [9.17, 15) is 0 Å². The van der Waals surface area contributed by atoms with E-state index in [2.05, 4.69) is 15.9 Å². The van der Waals surface area contributed by atoms with E-state index < -0.39 is 0 Å². The van der Waals surface area contributed by atoms with Crippen LogP contribution in [0.25, 0.3) is 0 Å². The maximum Gasteiger partial charge on any atom is 0.162 e. The standard InChI is InChI=1S/C16H15BrClNO2/c17-11-4-2-10(3-5-11)16(19)12-8-14-15(9-13(12)18)21-7-1-6-20-14/h2-5,8-9,16H,1,6-7,19H2. The van der Waals surface area contributed by atoms with Gasteiger partial charge in [0.15, 0.2) is 11.5 Å². The Hall–Kier alpha value is -1.23. The highest BCUT2D eigenvalue weighted by Gasteiger charge is 2.19. The molecule has 2 aromatic rings. The molecule has 3 rings (SSSR count). The van der Waals surface area contributed by atoms with Gasteiger partial charge in [-0.05, 0) is 29.3 Å². The van der Waals surface area contributed by atoms with Crippen molar-refractivity contribution < 1.29 is 9.47 Å². The van der Waals surface area contributed by atoms with E-state index in [1.165, 1.54) is 0 Å². The van der Waals surface area contributed by atoms with E-state index in [4.69, 9.17) is 26.8 Å². The molecule has 0 spiro atoms. The monoisotopic (exact) mass is 367 g/mol. The van der Waals surface area contributed by atoms with Crippen LogP contribution in [0.15, 0.2) is 40.9 Å². The lowest BCUT2D eigenvalue weighted by Gasteiger charge is -2.17. The largest absolute Gasteiger partial charge is 0.490 e. The average molecular weight is 369 g/mol. The molecule has 21 heavy (non-hydrogen) atoms. The Labute approximate surface area is 137 Å². The van der Waals surface area contributed by atoms with Crippen LogP contribution < -0.4 is 15.2 Å². The van der Waals surface area contributed by atoms with Gasteiger partial charge in [0.05, 0.1) is 19.3 Å². The minimum absolute atomic E-state index is 0.303. The summed E-state index contributed by atoms with van der Waals surface area (Å²) in [4.78, 5) is 0. The number of hydrogen-bond donors (Lipinski definition) is 1. The van der Waals surface area contributed by atoms with Crippen LogP contribution in [-0.4, -0.2) is 13.2 Å². The maximum atomic E-state index is 6.37. The lowest BCUT2D eigenvalue weighted by molar-refractivity contribution is 0.297. The SMILES string of the molecule is NC(c1ccc(Br)cc1)c1cc2c(cc1Cl)OCCCO2. The van der Waals surface area contributed by atoms with Gasteiger partial charge in [-0.1, -0.05) is 39.7 Å². The van der Waals surface area contributed by atoms with E-state index in [1.807, 2.05) is 30.3 Å². The predicted octanol–water partition coefficient (Wildman–Crippen LogP) is 4.31. The van der Waals surface area contributed by atoms with Crippen LogP contribution in [0.5, 0.6) is 11.5 Å². The third kappa shape index (κ3) is 3.18. The molecule has 0 fully saturated rings. The van der Waals surface area contributed by atoms with E-state index in [0.29, 0.717) is 29.7 Å². The third-order valence-corrected chi connectivity index (χ3v) is 4.29. The molecule has 110 valence electrons. The molecule has 0 bridgehead atoms. The van der Waals surface area contributed by atoms with Crippen LogP contribution in [-0.2, 0) is 0 Å². The molecule has 0 amide bonds. The smallest absolute Gasteiger partial charge is 0.162 e. The second-order valence-electron chi connectivity index (χ2n) is 4.90. The molecule has 5 heteroatoms. The molecule has 2 aromatic carbocycles. The number of ether oxygens (including phenoxy) is 2. The molecule has 0 saturated heterocycles. The van der Waals surface area contributed by atoms with Gasteiger partial charge in [0, 0.05) is 22.0 Å². The summed E-state index contributed by atoms with van der Waals surface area (Å²) in [5, 5.41) is 0.592. The van der Waals surface area contributed by atoms with Crippen molar-refractivity contribution in [2.75, 3.05) is 13.2 Å². The van der Waals surface area contributed by atoms with E-state index in [-0.39, 0.29) is 6.04 Å². The van der Waals surface area contributed by atoms with Crippen molar-refractivity contribution in [2.45, 2.75) is 12.5 Å². The Morgan fingerprint density at radius 1 is 1.05 bits per heavy atom. The summed E-state index contributed by atoms with van der Waals surface area (Å²) in [6.07, 6.45) is 0.862. The fourth-order valence-corrected chi connectivity index (χ4v) is 2.82. The van der Waals surface area contributed by atoms with E-state index in [1.54, 1.807) is 6.07 Å². The predicted molar refractivity (Wildman–Crippen MR) is 87.2 cm³/mol. The molecule has 1 unspecified atom stereocenters. The average Bonchev–Trinajstić information content (AvgIpc) is 2.71. The summed E-state index contributed by atoms with van der Waals surface area (Å²) in [6.45, 7) is 1.28. The quantitative estimate of drug-likeness (QED) is 0.859. The molecule has 0 aromatic heterocycles. The number of nitrogens with two attached hydrogens (primary N) is 1. The first-order valence-electron chi connectivity index (χ1n) is 6.75. The van der Waals surface area contributed by atoms with Crippen LogP contribution in [0.3, 0.4) is 0 Å². The molecule has 0 saturated carbocycles. The van der Waals surface area contributed by atoms with Gasteiger partial charge in [0.1, 0.15) is 0 Å². The molecule has 0 radical (unpaired) electrons. The van der Waals surface area contributed by atoms with Crippen LogP contribution in [0.1, 0.15) is 23.6 Å². The first kappa shape index (κ1) is 14.7. The highest BCUT2D eigenvalue weighted by molar-refractivity contribution is 9.10. The maximum absolute atomic E-state index is 6.37. The summed E-state index contributed by atoms with van der Waals surface area (Å²) in [5.74, 6) is 1.39. The normalized spacial score (nSPS) is 15.4. The topological polar surface area (TPSA) is 44.5 Å². The lowest BCUT2D eigenvalue weighted by Crippen LogP contribution is -2.12. The number of hydrogen-bond acceptors (Lipinski definition) is 3. The number of fused-ring (bicyclic) bond motifs is 1. The molecule has 1 aliphatic rings. The van der Waals surface area contributed by atoms with Crippen LogP contribution in [0.2, 0.25) is 5.02 Å². The Balaban J connectivity index is 1.97. The molecule has 2 N–H and O–H groups in total. The van der Waals surface area contributed by atoms with Crippen molar-refractivity contribution in [3.8, 4) is 11.5 Å². The molecule has 1 atom stereocenters. The molecule has 1 aliphatic heterocycles. The van der Waals surface area contributed by atoms with Crippen molar-refractivity contribution in [3.05, 3.63) is 57.0 Å². The van der Waals surface area contributed by atoms with Crippen molar-refractivity contribution in [2.24, 2.45) is 5.73 Å². The Morgan fingerprint density at radius 2 is 1.67 bits per heavy atom. The summed E-state index contributed by atoms with van der Waals surface area (Å²) < 4.78 is 12.3. The van der Waals surface area contributed by atoms with Gasteiger partial charge in [-0.3, -0.25) is 0 Å². The van der Waals surface area contributed by atoms with Gasteiger partial charge >= 0.3 is 0 Å². The highest BCUT2D eigenvalue weighted by Crippen LogP contribution is 2.38. The van der Waals surface area contributed by atoms with Gasteiger partial charge in [0.2, 0.25) is 0 Å². The van der Waals surface area contributed by atoms with Crippen molar-refractivity contribution in [1.29, 1.82) is 0 Å². The zero-order valence-corrected chi connectivity index (χ0v) is 13.7. The molecular formula is C16H15BrClNO2. The number of halogens is 2. The first-order chi connectivity index (χ1) is 10.1. The number of benzene rings is 2. The van der Waals surface area contributed by atoms with E-state index >= 15 is 0 Å². The second-order valence-corrected chi connectivity index (χ2v) is 6.22.